The fourth-order valence-electron chi connectivity index (χ4n) is 3.43. The van der Waals surface area contributed by atoms with Gasteiger partial charge in [-0.15, -0.1) is 6.58 Å². The molecule has 0 N–H and O–H groups in total. The Kier molecular flexibility index (Phi) is 7.99. The van der Waals surface area contributed by atoms with Gasteiger partial charge in [0.25, 0.3) is 0 Å². The van der Waals surface area contributed by atoms with Crippen molar-refractivity contribution < 1.29 is 23.7 Å². The maximum Gasteiger partial charge on any atom is 0.302 e. The summed E-state index contributed by atoms with van der Waals surface area (Å²) in [5, 5.41) is 0. The molecule has 0 aliphatic carbocycles. The number of esters is 1. The van der Waals surface area contributed by atoms with Crippen molar-refractivity contribution in [1.82, 2.24) is 0 Å². The van der Waals surface area contributed by atoms with E-state index in [2.05, 4.69) is 6.58 Å². The maximum atomic E-state index is 11.3. The van der Waals surface area contributed by atoms with Crippen LogP contribution in [0.3, 0.4) is 0 Å². The summed E-state index contributed by atoms with van der Waals surface area (Å²) < 4.78 is 23.9. The van der Waals surface area contributed by atoms with E-state index in [9.17, 15) is 4.79 Å². The van der Waals surface area contributed by atoms with Crippen LogP contribution in [0.1, 0.15) is 24.5 Å². The second kappa shape index (κ2) is 10.9. The summed E-state index contributed by atoms with van der Waals surface area (Å²) in [6.07, 6.45) is 1.18. The van der Waals surface area contributed by atoms with Crippen molar-refractivity contribution in [3.8, 4) is 0 Å². The van der Waals surface area contributed by atoms with Gasteiger partial charge in [-0.3, -0.25) is 4.79 Å². The Hall–Kier alpha value is -2.47. The molecule has 0 bridgehead atoms. The quantitative estimate of drug-likeness (QED) is 0.448. The minimum atomic E-state index is -0.395. The number of benzene rings is 2. The SMILES string of the molecule is C=CCC1O[C@H](COC(C)=O)[C@H](OCc2ccccc2)[C@H]1OCc1ccccc1. The van der Waals surface area contributed by atoms with Crippen molar-refractivity contribution in [2.75, 3.05) is 6.61 Å². The molecule has 154 valence electrons. The molecule has 0 spiro atoms. The normalized spacial score (nSPS) is 23.6. The van der Waals surface area contributed by atoms with Crippen molar-refractivity contribution in [2.45, 2.75) is 51.0 Å². The van der Waals surface area contributed by atoms with E-state index in [1.165, 1.54) is 6.92 Å². The van der Waals surface area contributed by atoms with E-state index in [4.69, 9.17) is 18.9 Å². The van der Waals surface area contributed by atoms with E-state index in [1.807, 2.05) is 66.7 Å². The van der Waals surface area contributed by atoms with Crippen LogP contribution < -0.4 is 0 Å². The molecule has 1 fully saturated rings. The zero-order chi connectivity index (χ0) is 20.5. The largest absolute Gasteiger partial charge is 0.463 e. The summed E-state index contributed by atoms with van der Waals surface area (Å²) in [5.74, 6) is -0.343. The van der Waals surface area contributed by atoms with Crippen LogP contribution in [0.4, 0.5) is 0 Å². The van der Waals surface area contributed by atoms with Crippen LogP contribution in [0.25, 0.3) is 0 Å². The van der Waals surface area contributed by atoms with Gasteiger partial charge in [0.05, 0.1) is 19.3 Å². The molecule has 2 aromatic rings. The van der Waals surface area contributed by atoms with Gasteiger partial charge in [-0.05, 0) is 17.5 Å². The summed E-state index contributed by atoms with van der Waals surface area (Å²) in [4.78, 5) is 11.3. The van der Waals surface area contributed by atoms with Crippen molar-refractivity contribution >= 4 is 5.97 Å². The third kappa shape index (κ3) is 6.26. The molecule has 1 aliphatic heterocycles. The van der Waals surface area contributed by atoms with Crippen LogP contribution in [0, 0.1) is 0 Å². The van der Waals surface area contributed by atoms with Crippen LogP contribution in [-0.2, 0) is 37.0 Å². The maximum absolute atomic E-state index is 11.3. The lowest BCUT2D eigenvalue weighted by Crippen LogP contribution is -2.39. The van der Waals surface area contributed by atoms with Crippen molar-refractivity contribution in [1.29, 1.82) is 0 Å². The lowest BCUT2D eigenvalue weighted by molar-refractivity contribution is -0.148. The highest BCUT2D eigenvalue weighted by Crippen LogP contribution is 2.30. The number of carbonyl (C=O) groups is 1. The molecule has 1 saturated heterocycles. The van der Waals surface area contributed by atoms with Gasteiger partial charge in [0.15, 0.2) is 0 Å². The second-order valence-corrected chi connectivity index (χ2v) is 7.06. The third-order valence-corrected chi connectivity index (χ3v) is 4.83. The van der Waals surface area contributed by atoms with Crippen LogP contribution in [0.2, 0.25) is 0 Å². The van der Waals surface area contributed by atoms with Crippen LogP contribution in [0.5, 0.6) is 0 Å². The lowest BCUT2D eigenvalue weighted by atomic mass is 10.0. The van der Waals surface area contributed by atoms with Crippen molar-refractivity contribution in [3.63, 3.8) is 0 Å². The fourth-order valence-corrected chi connectivity index (χ4v) is 3.43. The molecule has 5 heteroatoms. The van der Waals surface area contributed by atoms with E-state index in [-0.39, 0.29) is 30.9 Å². The molecule has 0 amide bonds. The molecule has 1 unspecified atom stereocenters. The molecule has 0 aromatic heterocycles. The van der Waals surface area contributed by atoms with Gasteiger partial charge in [0, 0.05) is 6.92 Å². The van der Waals surface area contributed by atoms with E-state index in [1.54, 1.807) is 0 Å². The first-order chi connectivity index (χ1) is 14.2. The number of ether oxygens (including phenoxy) is 4. The zero-order valence-electron chi connectivity index (χ0n) is 16.7. The first-order valence-electron chi connectivity index (χ1n) is 9.88. The molecular weight excluding hydrogens is 368 g/mol. The van der Waals surface area contributed by atoms with Gasteiger partial charge in [0.2, 0.25) is 0 Å². The summed E-state index contributed by atoms with van der Waals surface area (Å²) in [6.45, 7) is 6.23. The van der Waals surface area contributed by atoms with Gasteiger partial charge >= 0.3 is 5.97 Å². The van der Waals surface area contributed by atoms with Crippen LogP contribution in [0.15, 0.2) is 73.3 Å². The average Bonchev–Trinajstić information content (AvgIpc) is 3.07. The molecule has 3 rings (SSSR count). The predicted octanol–water partition coefficient (Wildman–Crippen LogP) is 4.06. The van der Waals surface area contributed by atoms with Gasteiger partial charge in [0.1, 0.15) is 24.9 Å². The van der Waals surface area contributed by atoms with E-state index in [0.717, 1.165) is 11.1 Å². The number of carbonyl (C=O) groups excluding carboxylic acids is 1. The number of hydrogen-bond acceptors (Lipinski definition) is 5. The fraction of sp³-hybridized carbons (Fsp3) is 0.375. The standard InChI is InChI=1S/C24H28O5/c1-3-10-21-23(27-15-19-11-6-4-7-12-19)24(22(29-21)17-26-18(2)25)28-16-20-13-8-5-9-14-20/h3-9,11-14,21-24H,1,10,15-17H2,2H3/t21?,22-,23+,24+/m1/s1. The van der Waals surface area contributed by atoms with Crippen molar-refractivity contribution in [3.05, 3.63) is 84.4 Å². The molecule has 0 saturated carbocycles. The lowest BCUT2D eigenvalue weighted by Gasteiger charge is -2.25. The topological polar surface area (TPSA) is 54.0 Å². The zero-order valence-corrected chi connectivity index (χ0v) is 16.7. The molecule has 1 heterocycles. The van der Waals surface area contributed by atoms with Gasteiger partial charge in [-0.25, -0.2) is 0 Å². The first kappa shape index (κ1) is 21.2. The van der Waals surface area contributed by atoms with Gasteiger partial charge in [-0.2, -0.15) is 0 Å². The highest BCUT2D eigenvalue weighted by atomic mass is 16.6. The molecule has 2 aromatic carbocycles. The van der Waals surface area contributed by atoms with Gasteiger partial charge in [-0.1, -0.05) is 66.7 Å². The average molecular weight is 396 g/mol. The summed E-state index contributed by atoms with van der Waals surface area (Å²) in [7, 11) is 0. The van der Waals surface area contributed by atoms with Crippen LogP contribution in [-0.4, -0.2) is 37.0 Å². The summed E-state index contributed by atoms with van der Waals surface area (Å²) in [6, 6.07) is 19.9. The molecule has 0 radical (unpaired) electrons. The Morgan fingerprint density at radius 2 is 1.45 bits per heavy atom. The number of rotatable bonds is 10. The smallest absolute Gasteiger partial charge is 0.302 e. The predicted molar refractivity (Wildman–Crippen MR) is 110 cm³/mol. The Balaban J connectivity index is 1.73. The summed E-state index contributed by atoms with van der Waals surface area (Å²) in [5.41, 5.74) is 2.14. The Morgan fingerprint density at radius 1 is 0.931 bits per heavy atom. The Morgan fingerprint density at radius 3 is 1.93 bits per heavy atom. The third-order valence-electron chi connectivity index (χ3n) is 4.83. The highest BCUT2D eigenvalue weighted by Gasteiger charge is 2.46. The van der Waals surface area contributed by atoms with Crippen LogP contribution >= 0.6 is 0 Å². The Bertz CT molecular complexity index is 761. The second-order valence-electron chi connectivity index (χ2n) is 7.06. The molecule has 29 heavy (non-hydrogen) atoms. The number of hydrogen-bond donors (Lipinski definition) is 0. The summed E-state index contributed by atoms with van der Waals surface area (Å²) >= 11 is 0. The van der Waals surface area contributed by atoms with Crippen molar-refractivity contribution in [2.24, 2.45) is 0 Å². The van der Waals surface area contributed by atoms with E-state index < -0.39 is 6.10 Å². The molecule has 5 nitrogen and oxygen atoms in total. The van der Waals surface area contributed by atoms with E-state index in [0.29, 0.717) is 19.6 Å². The molecule has 1 aliphatic rings. The minimum absolute atomic E-state index is 0.133. The van der Waals surface area contributed by atoms with Gasteiger partial charge < -0.3 is 18.9 Å². The first-order valence-corrected chi connectivity index (χ1v) is 9.88. The van der Waals surface area contributed by atoms with E-state index >= 15 is 0 Å². The molecular formula is C24H28O5. The molecule has 4 atom stereocenters. The Labute approximate surface area is 172 Å². The monoisotopic (exact) mass is 396 g/mol. The minimum Gasteiger partial charge on any atom is -0.463 e. The highest BCUT2D eigenvalue weighted by molar-refractivity contribution is 5.65.